The van der Waals surface area contributed by atoms with Gasteiger partial charge in [0, 0.05) is 11.1 Å². The second-order valence-electron chi connectivity index (χ2n) is 6.57. The minimum absolute atomic E-state index is 0.116. The number of benzene rings is 2. The number of carbonyl (C=O) groups excluding carboxylic acids is 1. The molecule has 3 aromatic rings. The van der Waals surface area contributed by atoms with Crippen LogP contribution in [0.3, 0.4) is 0 Å². The molecule has 28 heavy (non-hydrogen) atoms. The predicted octanol–water partition coefficient (Wildman–Crippen LogP) is 4.33. The summed E-state index contributed by atoms with van der Waals surface area (Å²) in [6, 6.07) is 13.5. The van der Waals surface area contributed by atoms with Crippen LogP contribution in [0.1, 0.15) is 29.7 Å². The van der Waals surface area contributed by atoms with Crippen LogP contribution in [0.4, 0.5) is 0 Å². The SMILES string of the molecule is COc1ccccc1C(C)NC(=O)CSc1nnc(-c2cc(C)cc(C)c2)o1. The zero-order chi connectivity index (χ0) is 20.1. The van der Waals surface area contributed by atoms with E-state index in [-0.39, 0.29) is 17.7 Å². The first-order valence-corrected chi connectivity index (χ1v) is 9.92. The number of rotatable bonds is 7. The van der Waals surface area contributed by atoms with Crippen molar-refractivity contribution in [2.75, 3.05) is 12.9 Å². The van der Waals surface area contributed by atoms with Gasteiger partial charge in [-0.2, -0.15) is 0 Å². The third kappa shape index (κ3) is 4.92. The first-order valence-electron chi connectivity index (χ1n) is 8.93. The van der Waals surface area contributed by atoms with Crippen LogP contribution in [0.5, 0.6) is 5.75 Å². The van der Waals surface area contributed by atoms with Crippen molar-refractivity contribution in [3.8, 4) is 17.2 Å². The third-order valence-corrected chi connectivity index (χ3v) is 5.00. The Kier molecular flexibility index (Phi) is 6.36. The minimum atomic E-state index is -0.169. The van der Waals surface area contributed by atoms with E-state index in [0.717, 1.165) is 28.0 Å². The summed E-state index contributed by atoms with van der Waals surface area (Å²) in [4.78, 5) is 12.3. The van der Waals surface area contributed by atoms with Crippen molar-refractivity contribution in [2.45, 2.75) is 32.0 Å². The Balaban J connectivity index is 1.58. The van der Waals surface area contributed by atoms with Gasteiger partial charge in [-0.15, -0.1) is 10.2 Å². The maximum atomic E-state index is 12.3. The van der Waals surface area contributed by atoms with E-state index in [1.165, 1.54) is 11.8 Å². The highest BCUT2D eigenvalue weighted by atomic mass is 32.2. The number of hydrogen-bond donors (Lipinski definition) is 1. The molecule has 1 unspecified atom stereocenters. The van der Waals surface area contributed by atoms with E-state index in [9.17, 15) is 4.79 Å². The van der Waals surface area contributed by atoms with Crippen LogP contribution in [0, 0.1) is 13.8 Å². The Morgan fingerprint density at radius 1 is 1.18 bits per heavy atom. The molecule has 2 aromatic carbocycles. The second kappa shape index (κ2) is 8.93. The summed E-state index contributed by atoms with van der Waals surface area (Å²) < 4.78 is 11.0. The third-order valence-electron chi connectivity index (χ3n) is 4.18. The molecule has 1 atom stereocenters. The van der Waals surface area contributed by atoms with Gasteiger partial charge in [-0.3, -0.25) is 4.79 Å². The molecule has 146 valence electrons. The maximum absolute atomic E-state index is 12.3. The monoisotopic (exact) mass is 397 g/mol. The smallest absolute Gasteiger partial charge is 0.277 e. The lowest BCUT2D eigenvalue weighted by Crippen LogP contribution is -2.28. The molecule has 0 radical (unpaired) electrons. The van der Waals surface area contributed by atoms with Gasteiger partial charge >= 0.3 is 0 Å². The van der Waals surface area contributed by atoms with E-state index in [4.69, 9.17) is 9.15 Å². The molecule has 1 N–H and O–H groups in total. The molecule has 0 spiro atoms. The summed E-state index contributed by atoms with van der Waals surface area (Å²) >= 11 is 1.22. The van der Waals surface area contributed by atoms with Crippen LogP contribution in [-0.4, -0.2) is 29.0 Å². The number of ether oxygens (including phenoxy) is 1. The molecule has 0 aliphatic carbocycles. The highest BCUT2D eigenvalue weighted by molar-refractivity contribution is 7.99. The van der Waals surface area contributed by atoms with Gasteiger partial charge in [-0.1, -0.05) is 47.2 Å². The Hall–Kier alpha value is -2.80. The van der Waals surface area contributed by atoms with E-state index in [2.05, 4.69) is 21.6 Å². The summed E-state index contributed by atoms with van der Waals surface area (Å²) in [5.41, 5.74) is 4.07. The summed E-state index contributed by atoms with van der Waals surface area (Å²) in [6.45, 7) is 5.97. The van der Waals surface area contributed by atoms with Crippen molar-refractivity contribution in [1.29, 1.82) is 0 Å². The fraction of sp³-hybridized carbons (Fsp3) is 0.286. The van der Waals surface area contributed by atoms with Crippen LogP contribution in [0.2, 0.25) is 0 Å². The van der Waals surface area contributed by atoms with Crippen molar-refractivity contribution in [3.63, 3.8) is 0 Å². The quantitative estimate of drug-likeness (QED) is 0.598. The number of thioether (sulfide) groups is 1. The van der Waals surface area contributed by atoms with Crippen LogP contribution in [-0.2, 0) is 4.79 Å². The molecule has 0 saturated carbocycles. The topological polar surface area (TPSA) is 77.2 Å². The predicted molar refractivity (Wildman–Crippen MR) is 109 cm³/mol. The molecule has 3 rings (SSSR count). The first-order chi connectivity index (χ1) is 13.5. The van der Waals surface area contributed by atoms with E-state index < -0.39 is 0 Å². The lowest BCUT2D eigenvalue weighted by atomic mass is 10.1. The zero-order valence-electron chi connectivity index (χ0n) is 16.4. The van der Waals surface area contributed by atoms with Gasteiger partial charge < -0.3 is 14.5 Å². The Labute approximate surface area is 168 Å². The summed E-state index contributed by atoms with van der Waals surface area (Å²) in [5.74, 6) is 1.28. The van der Waals surface area contributed by atoms with Crippen molar-refractivity contribution in [2.24, 2.45) is 0 Å². The first kappa shape index (κ1) is 19.9. The Bertz CT molecular complexity index is 951. The van der Waals surface area contributed by atoms with Crippen molar-refractivity contribution >= 4 is 17.7 Å². The molecule has 0 fully saturated rings. The van der Waals surface area contributed by atoms with Gasteiger partial charge in [0.2, 0.25) is 11.8 Å². The van der Waals surface area contributed by atoms with Gasteiger partial charge in [-0.25, -0.2) is 0 Å². The molecule has 1 aromatic heterocycles. The average molecular weight is 398 g/mol. The molecule has 0 bridgehead atoms. The highest BCUT2D eigenvalue weighted by Gasteiger charge is 2.16. The van der Waals surface area contributed by atoms with Crippen molar-refractivity contribution < 1.29 is 13.9 Å². The van der Waals surface area contributed by atoms with Crippen LogP contribution in [0.15, 0.2) is 52.1 Å². The standard InChI is InChI=1S/C21H23N3O3S/c1-13-9-14(2)11-16(10-13)20-23-24-21(27-20)28-12-19(25)22-15(3)17-7-5-6-8-18(17)26-4/h5-11,15H,12H2,1-4H3,(H,22,25). The minimum Gasteiger partial charge on any atom is -0.496 e. The maximum Gasteiger partial charge on any atom is 0.277 e. The number of methoxy groups -OCH3 is 1. The molecule has 0 aliphatic rings. The number of para-hydroxylation sites is 1. The Morgan fingerprint density at radius 2 is 1.89 bits per heavy atom. The lowest BCUT2D eigenvalue weighted by molar-refractivity contribution is -0.119. The summed E-state index contributed by atoms with van der Waals surface area (Å²) in [6.07, 6.45) is 0. The molecular formula is C21H23N3O3S. The largest absolute Gasteiger partial charge is 0.496 e. The molecule has 1 heterocycles. The average Bonchev–Trinajstić information content (AvgIpc) is 3.14. The van der Waals surface area contributed by atoms with Gasteiger partial charge in [-0.05, 0) is 39.0 Å². The van der Waals surface area contributed by atoms with Crippen molar-refractivity contribution in [1.82, 2.24) is 15.5 Å². The van der Waals surface area contributed by atoms with E-state index in [1.807, 2.05) is 57.2 Å². The molecule has 0 saturated heterocycles. The number of amides is 1. The van der Waals surface area contributed by atoms with Gasteiger partial charge in [0.1, 0.15) is 5.75 Å². The summed E-state index contributed by atoms with van der Waals surface area (Å²) in [7, 11) is 1.62. The van der Waals surface area contributed by atoms with E-state index in [1.54, 1.807) is 7.11 Å². The van der Waals surface area contributed by atoms with E-state index in [0.29, 0.717) is 11.1 Å². The zero-order valence-corrected chi connectivity index (χ0v) is 17.2. The number of carbonyl (C=O) groups is 1. The fourth-order valence-corrected chi connectivity index (χ4v) is 3.57. The molecule has 7 heteroatoms. The second-order valence-corrected chi connectivity index (χ2v) is 7.50. The van der Waals surface area contributed by atoms with Crippen LogP contribution in [0.25, 0.3) is 11.5 Å². The number of nitrogens with zero attached hydrogens (tertiary/aromatic N) is 2. The summed E-state index contributed by atoms with van der Waals surface area (Å²) in [5, 5.41) is 11.5. The van der Waals surface area contributed by atoms with E-state index >= 15 is 0 Å². The fourth-order valence-electron chi connectivity index (χ4n) is 3.00. The number of aryl methyl sites for hydroxylation is 2. The van der Waals surface area contributed by atoms with Gasteiger partial charge in [0.25, 0.3) is 5.22 Å². The Morgan fingerprint density at radius 3 is 2.61 bits per heavy atom. The number of hydrogen-bond acceptors (Lipinski definition) is 6. The van der Waals surface area contributed by atoms with Crippen molar-refractivity contribution in [3.05, 3.63) is 59.2 Å². The number of aromatic nitrogens is 2. The van der Waals surface area contributed by atoms with Crippen LogP contribution >= 0.6 is 11.8 Å². The highest BCUT2D eigenvalue weighted by Crippen LogP contribution is 2.26. The lowest BCUT2D eigenvalue weighted by Gasteiger charge is -2.16. The van der Waals surface area contributed by atoms with Gasteiger partial charge in [0.15, 0.2) is 0 Å². The molecular weight excluding hydrogens is 374 g/mol. The molecule has 6 nitrogen and oxygen atoms in total. The molecule has 0 aliphatic heterocycles. The number of nitrogens with one attached hydrogen (secondary N) is 1. The van der Waals surface area contributed by atoms with Crippen LogP contribution < -0.4 is 10.1 Å². The molecule has 1 amide bonds. The normalized spacial score (nSPS) is 11.9. The van der Waals surface area contributed by atoms with Gasteiger partial charge in [0.05, 0.1) is 18.9 Å².